The minimum Gasteiger partial charge on any atom is -0.349 e. The van der Waals surface area contributed by atoms with Gasteiger partial charge >= 0.3 is 0 Å². The summed E-state index contributed by atoms with van der Waals surface area (Å²) >= 11 is 0. The quantitative estimate of drug-likeness (QED) is 0.851. The highest BCUT2D eigenvalue weighted by molar-refractivity contribution is 5.94. The van der Waals surface area contributed by atoms with Gasteiger partial charge in [0.25, 0.3) is 11.8 Å². The lowest BCUT2D eigenvalue weighted by molar-refractivity contribution is 0.0776. The summed E-state index contributed by atoms with van der Waals surface area (Å²) in [6.45, 7) is 5.14. The maximum Gasteiger partial charge on any atom is 0.291 e. The maximum atomic E-state index is 12.6. The van der Waals surface area contributed by atoms with Gasteiger partial charge in [-0.1, -0.05) is 17.7 Å². The summed E-state index contributed by atoms with van der Waals surface area (Å²) < 4.78 is 1.80. The number of anilines is 1. The van der Waals surface area contributed by atoms with E-state index >= 15 is 0 Å². The molecule has 3 heterocycles. The van der Waals surface area contributed by atoms with Crippen molar-refractivity contribution in [3.05, 3.63) is 41.2 Å². The highest BCUT2D eigenvalue weighted by atomic mass is 16.2. The van der Waals surface area contributed by atoms with Gasteiger partial charge in [0.15, 0.2) is 0 Å². The van der Waals surface area contributed by atoms with Crippen molar-refractivity contribution in [2.24, 2.45) is 7.05 Å². The van der Waals surface area contributed by atoms with Crippen molar-refractivity contribution in [1.29, 1.82) is 0 Å². The van der Waals surface area contributed by atoms with Gasteiger partial charge in [0, 0.05) is 44.8 Å². The Kier molecular flexibility index (Phi) is 5.51. The summed E-state index contributed by atoms with van der Waals surface area (Å²) in [5.74, 6) is 1.05. The number of carbonyl (C=O) groups excluding carboxylic acids is 2. The van der Waals surface area contributed by atoms with Crippen LogP contribution in [-0.4, -0.2) is 63.7 Å². The van der Waals surface area contributed by atoms with Crippen LogP contribution in [0.15, 0.2) is 24.3 Å². The summed E-state index contributed by atoms with van der Waals surface area (Å²) in [5, 5.41) is 11.6. The Morgan fingerprint density at radius 2 is 1.66 bits per heavy atom. The van der Waals surface area contributed by atoms with E-state index in [1.165, 1.54) is 0 Å². The minimum atomic E-state index is -0.0380. The van der Waals surface area contributed by atoms with Crippen LogP contribution in [0.1, 0.15) is 52.2 Å². The van der Waals surface area contributed by atoms with Crippen LogP contribution in [0.3, 0.4) is 0 Å². The highest BCUT2D eigenvalue weighted by Crippen LogP contribution is 2.20. The molecule has 2 aliphatic rings. The molecule has 154 valence electrons. The van der Waals surface area contributed by atoms with Gasteiger partial charge < -0.3 is 15.1 Å². The number of nitrogens with zero attached hydrogens (tertiary/aromatic N) is 5. The smallest absolute Gasteiger partial charge is 0.291 e. The van der Waals surface area contributed by atoms with E-state index < -0.39 is 0 Å². The fourth-order valence-corrected chi connectivity index (χ4v) is 4.04. The van der Waals surface area contributed by atoms with E-state index in [2.05, 4.69) is 20.4 Å². The van der Waals surface area contributed by atoms with E-state index in [1.807, 2.05) is 43.1 Å². The zero-order valence-electron chi connectivity index (χ0n) is 17.1. The number of rotatable bonds is 4. The van der Waals surface area contributed by atoms with Crippen molar-refractivity contribution in [2.75, 3.05) is 31.1 Å². The molecule has 1 N–H and O–H groups in total. The van der Waals surface area contributed by atoms with Crippen LogP contribution in [0.5, 0.6) is 0 Å². The summed E-state index contributed by atoms with van der Waals surface area (Å²) in [7, 11) is 1.85. The predicted octanol–water partition coefficient (Wildman–Crippen LogP) is 1.76. The average Bonchev–Trinajstić information content (AvgIpc) is 3.39. The van der Waals surface area contributed by atoms with E-state index in [-0.39, 0.29) is 17.9 Å². The lowest BCUT2D eigenvalue weighted by Gasteiger charge is -2.32. The molecular weight excluding hydrogens is 368 g/mol. The number of piperidine rings is 1. The number of likely N-dealkylation sites (tertiary alicyclic amines) is 1. The molecule has 0 aliphatic carbocycles. The van der Waals surface area contributed by atoms with E-state index in [0.717, 1.165) is 63.4 Å². The first-order chi connectivity index (χ1) is 14.0. The Morgan fingerprint density at radius 3 is 2.31 bits per heavy atom. The van der Waals surface area contributed by atoms with Gasteiger partial charge in [0.1, 0.15) is 0 Å². The number of benzene rings is 1. The van der Waals surface area contributed by atoms with Crippen molar-refractivity contribution in [2.45, 2.75) is 38.6 Å². The van der Waals surface area contributed by atoms with Crippen LogP contribution < -0.4 is 10.2 Å². The Labute approximate surface area is 170 Å². The van der Waals surface area contributed by atoms with Crippen LogP contribution in [-0.2, 0) is 7.05 Å². The van der Waals surface area contributed by atoms with Gasteiger partial charge in [-0.15, -0.1) is 10.2 Å². The summed E-state index contributed by atoms with van der Waals surface area (Å²) in [6, 6.07) is 7.76. The van der Waals surface area contributed by atoms with E-state index in [0.29, 0.717) is 11.4 Å². The van der Waals surface area contributed by atoms with E-state index in [4.69, 9.17) is 0 Å². The molecule has 0 unspecified atom stereocenters. The number of carbonyl (C=O) groups is 2. The van der Waals surface area contributed by atoms with Gasteiger partial charge in [-0.3, -0.25) is 14.2 Å². The SMILES string of the molecule is Cc1ccc(C(=O)NC2CCN(c3nnc(C(=O)N4CCCC4)n3C)CC2)cc1. The molecule has 0 spiro atoms. The molecule has 29 heavy (non-hydrogen) atoms. The molecule has 1 aromatic carbocycles. The molecule has 0 bridgehead atoms. The van der Waals surface area contributed by atoms with Crippen LogP contribution in [0, 0.1) is 6.92 Å². The van der Waals surface area contributed by atoms with Gasteiger partial charge in [0.2, 0.25) is 11.8 Å². The lowest BCUT2D eigenvalue weighted by Crippen LogP contribution is -2.45. The van der Waals surface area contributed by atoms with Crippen LogP contribution in [0.4, 0.5) is 5.95 Å². The molecule has 0 saturated carbocycles. The molecule has 0 atom stereocenters. The van der Waals surface area contributed by atoms with E-state index in [1.54, 1.807) is 4.57 Å². The minimum absolute atomic E-state index is 0.0272. The van der Waals surface area contributed by atoms with Gasteiger partial charge in [-0.05, 0) is 44.7 Å². The third-order valence-electron chi connectivity index (χ3n) is 5.86. The summed E-state index contributed by atoms with van der Waals surface area (Å²) in [5.41, 5.74) is 1.83. The molecule has 1 aromatic heterocycles. The summed E-state index contributed by atoms with van der Waals surface area (Å²) in [6.07, 6.45) is 3.77. The van der Waals surface area contributed by atoms with Crippen LogP contribution in [0.25, 0.3) is 0 Å². The predicted molar refractivity (Wildman–Crippen MR) is 110 cm³/mol. The number of amides is 2. The van der Waals surface area contributed by atoms with Crippen molar-refractivity contribution < 1.29 is 9.59 Å². The Bertz CT molecular complexity index is 877. The molecule has 0 radical (unpaired) electrons. The molecule has 2 fully saturated rings. The van der Waals surface area contributed by atoms with Gasteiger partial charge in [-0.2, -0.15) is 0 Å². The monoisotopic (exact) mass is 396 g/mol. The van der Waals surface area contributed by atoms with E-state index in [9.17, 15) is 9.59 Å². The van der Waals surface area contributed by atoms with Crippen molar-refractivity contribution in [3.8, 4) is 0 Å². The number of aryl methyl sites for hydroxylation is 1. The molecule has 8 nitrogen and oxygen atoms in total. The first-order valence-corrected chi connectivity index (χ1v) is 10.3. The summed E-state index contributed by atoms with van der Waals surface area (Å²) in [4.78, 5) is 29.1. The third kappa shape index (κ3) is 4.11. The molecule has 8 heteroatoms. The van der Waals surface area contributed by atoms with Crippen molar-refractivity contribution in [1.82, 2.24) is 25.0 Å². The largest absolute Gasteiger partial charge is 0.349 e. The molecule has 2 aliphatic heterocycles. The van der Waals surface area contributed by atoms with Gasteiger partial charge in [-0.25, -0.2) is 0 Å². The molecule has 2 aromatic rings. The first-order valence-electron chi connectivity index (χ1n) is 10.3. The number of aromatic nitrogens is 3. The molecule has 4 rings (SSSR count). The van der Waals surface area contributed by atoms with Crippen molar-refractivity contribution >= 4 is 17.8 Å². The zero-order chi connectivity index (χ0) is 20.4. The molecular formula is C21H28N6O2. The molecule has 2 saturated heterocycles. The zero-order valence-corrected chi connectivity index (χ0v) is 17.1. The number of hydrogen-bond acceptors (Lipinski definition) is 5. The number of hydrogen-bond donors (Lipinski definition) is 1. The topological polar surface area (TPSA) is 83.4 Å². The van der Waals surface area contributed by atoms with Crippen LogP contribution in [0.2, 0.25) is 0 Å². The standard InChI is InChI=1S/C21H28N6O2/c1-15-5-7-16(8-6-15)19(28)22-17-9-13-27(14-10-17)21-24-23-18(25(21)2)20(29)26-11-3-4-12-26/h5-8,17H,3-4,9-14H2,1-2H3,(H,22,28). The van der Waals surface area contributed by atoms with Gasteiger partial charge in [0.05, 0.1) is 0 Å². The highest BCUT2D eigenvalue weighted by Gasteiger charge is 2.28. The Balaban J connectivity index is 1.34. The van der Waals surface area contributed by atoms with Crippen molar-refractivity contribution in [3.63, 3.8) is 0 Å². The second-order valence-electron chi connectivity index (χ2n) is 7.98. The third-order valence-corrected chi connectivity index (χ3v) is 5.86. The first kappa shape index (κ1) is 19.4. The fraction of sp³-hybridized carbons (Fsp3) is 0.524. The fourth-order valence-electron chi connectivity index (χ4n) is 4.04. The average molecular weight is 396 g/mol. The Hall–Kier alpha value is -2.90. The second-order valence-corrected chi connectivity index (χ2v) is 7.98. The van der Waals surface area contributed by atoms with Crippen LogP contribution >= 0.6 is 0 Å². The molecule has 2 amide bonds. The maximum absolute atomic E-state index is 12.6. The normalized spacial score (nSPS) is 17.6. The second kappa shape index (κ2) is 8.23. The Morgan fingerprint density at radius 1 is 1.00 bits per heavy atom. The number of nitrogens with one attached hydrogen (secondary N) is 1. The lowest BCUT2D eigenvalue weighted by atomic mass is 10.0.